The van der Waals surface area contributed by atoms with Gasteiger partial charge in [-0.2, -0.15) is 0 Å². The topological polar surface area (TPSA) is 32.3 Å². The van der Waals surface area contributed by atoms with Gasteiger partial charge < -0.3 is 10.2 Å². The SMILES string of the molecule is CCCC(NC(=O)N1CCCCCCC1)c1ccccc1. The standard InChI is InChI=1S/C18H28N2O/c1-2-11-17(16-12-7-6-8-13-16)19-18(21)20-14-9-4-3-5-10-15-20/h6-8,12-13,17H,2-5,9-11,14-15H2,1H3,(H,19,21). The molecule has 1 unspecified atom stereocenters. The molecule has 2 amide bonds. The van der Waals surface area contributed by atoms with Crippen molar-refractivity contribution >= 4 is 6.03 Å². The second kappa shape index (κ2) is 8.71. The number of urea groups is 1. The van der Waals surface area contributed by atoms with Gasteiger partial charge >= 0.3 is 6.03 Å². The highest BCUT2D eigenvalue weighted by atomic mass is 16.2. The lowest BCUT2D eigenvalue weighted by Crippen LogP contribution is -2.43. The fourth-order valence-corrected chi connectivity index (χ4v) is 2.99. The number of amides is 2. The maximum atomic E-state index is 12.5. The summed E-state index contributed by atoms with van der Waals surface area (Å²) >= 11 is 0. The number of hydrogen-bond acceptors (Lipinski definition) is 1. The van der Waals surface area contributed by atoms with Crippen LogP contribution in [0.15, 0.2) is 30.3 Å². The molecule has 116 valence electrons. The van der Waals surface area contributed by atoms with Crippen molar-refractivity contribution in [2.45, 2.75) is 57.9 Å². The summed E-state index contributed by atoms with van der Waals surface area (Å²) in [5.74, 6) is 0. The lowest BCUT2D eigenvalue weighted by molar-refractivity contribution is 0.187. The van der Waals surface area contributed by atoms with E-state index in [1.165, 1.54) is 24.8 Å². The Morgan fingerprint density at radius 3 is 2.33 bits per heavy atom. The molecule has 0 saturated carbocycles. The van der Waals surface area contributed by atoms with Gasteiger partial charge in [-0.05, 0) is 24.8 Å². The van der Waals surface area contributed by atoms with Crippen LogP contribution >= 0.6 is 0 Å². The van der Waals surface area contributed by atoms with Crippen molar-refractivity contribution in [3.05, 3.63) is 35.9 Å². The quantitative estimate of drug-likeness (QED) is 0.869. The zero-order chi connectivity index (χ0) is 14.9. The molecule has 3 heteroatoms. The van der Waals surface area contributed by atoms with E-state index < -0.39 is 0 Å². The second-order valence-electron chi connectivity index (χ2n) is 5.96. The monoisotopic (exact) mass is 288 g/mol. The molecule has 0 aliphatic carbocycles. The second-order valence-corrected chi connectivity index (χ2v) is 5.96. The molecule has 2 rings (SSSR count). The molecule has 1 heterocycles. The fourth-order valence-electron chi connectivity index (χ4n) is 2.99. The van der Waals surface area contributed by atoms with Crippen LogP contribution in [0.4, 0.5) is 4.79 Å². The van der Waals surface area contributed by atoms with Gasteiger partial charge in [0, 0.05) is 13.1 Å². The molecule has 1 aromatic rings. The number of hydrogen-bond donors (Lipinski definition) is 1. The van der Waals surface area contributed by atoms with Crippen LogP contribution in [0.25, 0.3) is 0 Å². The molecule has 1 aromatic carbocycles. The van der Waals surface area contributed by atoms with Gasteiger partial charge in [0.2, 0.25) is 0 Å². The van der Waals surface area contributed by atoms with Crippen LogP contribution in [0.5, 0.6) is 0 Å². The van der Waals surface area contributed by atoms with Gasteiger partial charge in [-0.25, -0.2) is 4.79 Å². The maximum absolute atomic E-state index is 12.5. The van der Waals surface area contributed by atoms with E-state index in [1.807, 2.05) is 23.1 Å². The summed E-state index contributed by atoms with van der Waals surface area (Å²) in [5.41, 5.74) is 1.21. The number of carbonyl (C=O) groups excluding carboxylic acids is 1. The van der Waals surface area contributed by atoms with Gasteiger partial charge in [0.25, 0.3) is 0 Å². The first-order chi connectivity index (χ1) is 10.3. The van der Waals surface area contributed by atoms with Crippen molar-refractivity contribution in [3.63, 3.8) is 0 Å². The molecule has 0 radical (unpaired) electrons. The molecule has 0 spiro atoms. The molecular formula is C18H28N2O. The first-order valence-electron chi connectivity index (χ1n) is 8.41. The molecule has 0 bridgehead atoms. The number of nitrogens with one attached hydrogen (secondary N) is 1. The molecule has 1 saturated heterocycles. The Balaban J connectivity index is 1.96. The largest absolute Gasteiger partial charge is 0.331 e. The van der Waals surface area contributed by atoms with Crippen molar-refractivity contribution in [3.8, 4) is 0 Å². The van der Waals surface area contributed by atoms with Crippen LogP contribution in [0, 0.1) is 0 Å². The molecule has 3 nitrogen and oxygen atoms in total. The highest BCUT2D eigenvalue weighted by Gasteiger charge is 2.19. The average molecular weight is 288 g/mol. The summed E-state index contributed by atoms with van der Waals surface area (Å²) in [7, 11) is 0. The average Bonchev–Trinajstić information content (AvgIpc) is 2.47. The van der Waals surface area contributed by atoms with Gasteiger partial charge in [-0.15, -0.1) is 0 Å². The fraction of sp³-hybridized carbons (Fsp3) is 0.611. The third kappa shape index (κ3) is 5.07. The summed E-state index contributed by atoms with van der Waals surface area (Å²) in [6.07, 6.45) is 8.15. The third-order valence-electron chi connectivity index (χ3n) is 4.22. The molecule has 0 aromatic heterocycles. The maximum Gasteiger partial charge on any atom is 0.317 e. The van der Waals surface area contributed by atoms with Gasteiger partial charge in [-0.3, -0.25) is 0 Å². The summed E-state index contributed by atoms with van der Waals surface area (Å²) in [5, 5.41) is 3.24. The van der Waals surface area contributed by atoms with E-state index in [4.69, 9.17) is 0 Å². The minimum atomic E-state index is 0.110. The number of carbonyl (C=O) groups is 1. The van der Waals surface area contributed by atoms with Crippen molar-refractivity contribution in [1.82, 2.24) is 10.2 Å². The van der Waals surface area contributed by atoms with E-state index in [0.717, 1.165) is 38.8 Å². The minimum Gasteiger partial charge on any atom is -0.331 e. The Kier molecular flexibility index (Phi) is 6.58. The Morgan fingerprint density at radius 2 is 1.71 bits per heavy atom. The van der Waals surface area contributed by atoms with Crippen LogP contribution in [0.1, 0.15) is 63.5 Å². The van der Waals surface area contributed by atoms with E-state index in [0.29, 0.717) is 0 Å². The van der Waals surface area contributed by atoms with Gasteiger partial charge in [-0.1, -0.05) is 62.9 Å². The molecule has 21 heavy (non-hydrogen) atoms. The molecular weight excluding hydrogens is 260 g/mol. The van der Waals surface area contributed by atoms with Crippen LogP contribution in [-0.4, -0.2) is 24.0 Å². The number of likely N-dealkylation sites (tertiary alicyclic amines) is 1. The minimum absolute atomic E-state index is 0.110. The lowest BCUT2D eigenvalue weighted by atomic mass is 10.0. The van der Waals surface area contributed by atoms with E-state index in [2.05, 4.69) is 24.4 Å². The van der Waals surface area contributed by atoms with Gasteiger partial charge in [0.1, 0.15) is 0 Å². The van der Waals surface area contributed by atoms with Crippen molar-refractivity contribution in [2.75, 3.05) is 13.1 Å². The Bertz CT molecular complexity index is 410. The first kappa shape index (κ1) is 15.9. The van der Waals surface area contributed by atoms with Gasteiger partial charge in [0.15, 0.2) is 0 Å². The molecule has 1 atom stereocenters. The summed E-state index contributed by atoms with van der Waals surface area (Å²) in [4.78, 5) is 14.5. The van der Waals surface area contributed by atoms with E-state index in [-0.39, 0.29) is 12.1 Å². The van der Waals surface area contributed by atoms with E-state index >= 15 is 0 Å². The van der Waals surface area contributed by atoms with E-state index in [9.17, 15) is 4.79 Å². The zero-order valence-electron chi connectivity index (χ0n) is 13.2. The van der Waals surface area contributed by atoms with Crippen LogP contribution < -0.4 is 5.32 Å². The number of rotatable bonds is 4. The van der Waals surface area contributed by atoms with Crippen LogP contribution in [-0.2, 0) is 0 Å². The zero-order valence-corrected chi connectivity index (χ0v) is 13.2. The molecule has 1 aliphatic heterocycles. The van der Waals surface area contributed by atoms with Crippen LogP contribution in [0.3, 0.4) is 0 Å². The molecule has 1 fully saturated rings. The first-order valence-corrected chi connectivity index (χ1v) is 8.41. The predicted octanol–water partition coefficient (Wildman–Crippen LogP) is 4.50. The highest BCUT2D eigenvalue weighted by Crippen LogP contribution is 2.19. The van der Waals surface area contributed by atoms with E-state index in [1.54, 1.807) is 0 Å². The number of benzene rings is 1. The Labute approximate surface area is 128 Å². The summed E-state index contributed by atoms with van der Waals surface area (Å²) < 4.78 is 0. The van der Waals surface area contributed by atoms with Crippen molar-refractivity contribution in [2.24, 2.45) is 0 Å². The lowest BCUT2D eigenvalue weighted by Gasteiger charge is -2.28. The smallest absolute Gasteiger partial charge is 0.317 e. The van der Waals surface area contributed by atoms with Gasteiger partial charge in [0.05, 0.1) is 6.04 Å². The highest BCUT2D eigenvalue weighted by molar-refractivity contribution is 5.74. The predicted molar refractivity (Wildman–Crippen MR) is 87.3 cm³/mol. The molecule has 1 aliphatic rings. The normalized spacial score (nSPS) is 17.7. The Morgan fingerprint density at radius 1 is 1.10 bits per heavy atom. The number of nitrogens with zero attached hydrogens (tertiary/aromatic N) is 1. The molecule has 1 N–H and O–H groups in total. The van der Waals surface area contributed by atoms with Crippen LogP contribution in [0.2, 0.25) is 0 Å². The van der Waals surface area contributed by atoms with Crippen molar-refractivity contribution < 1.29 is 4.79 Å². The Hall–Kier alpha value is -1.51. The summed E-state index contributed by atoms with van der Waals surface area (Å²) in [6, 6.07) is 10.6. The third-order valence-corrected chi connectivity index (χ3v) is 4.22. The van der Waals surface area contributed by atoms with Crippen molar-refractivity contribution in [1.29, 1.82) is 0 Å². The summed E-state index contributed by atoms with van der Waals surface area (Å²) in [6.45, 7) is 3.97.